The van der Waals surface area contributed by atoms with E-state index < -0.39 is 0 Å². The maximum Gasteiger partial charge on any atom is 0.141 e. The minimum Gasteiger partial charge on any atom is -0.361 e. The first-order valence-electron chi connectivity index (χ1n) is 9.24. The SMILES string of the molecule is Cc1noc(C)c1-c1ccc2c(cnn2C2CC3CCC(C2)N3C)c1. The highest BCUT2D eigenvalue weighted by Gasteiger charge is 2.39. The first kappa shape index (κ1) is 15.1. The van der Waals surface area contributed by atoms with Gasteiger partial charge in [-0.3, -0.25) is 4.68 Å². The average Bonchev–Trinajstić information content (AvgIpc) is 3.21. The number of aryl methyl sites for hydroxylation is 2. The fourth-order valence-corrected chi connectivity index (χ4v) is 4.98. The molecule has 25 heavy (non-hydrogen) atoms. The van der Waals surface area contributed by atoms with Gasteiger partial charge in [0.15, 0.2) is 0 Å². The van der Waals surface area contributed by atoms with E-state index in [4.69, 9.17) is 9.62 Å². The summed E-state index contributed by atoms with van der Waals surface area (Å²) in [5.41, 5.74) is 4.44. The Labute approximate surface area is 147 Å². The molecule has 0 spiro atoms. The minimum atomic E-state index is 0.524. The lowest BCUT2D eigenvalue weighted by Crippen LogP contribution is -2.40. The van der Waals surface area contributed by atoms with Crippen LogP contribution in [0.5, 0.6) is 0 Å². The molecule has 2 aromatic heterocycles. The number of nitrogens with zero attached hydrogens (tertiary/aromatic N) is 4. The highest BCUT2D eigenvalue weighted by atomic mass is 16.5. The van der Waals surface area contributed by atoms with E-state index in [9.17, 15) is 0 Å². The van der Waals surface area contributed by atoms with Crippen molar-refractivity contribution in [1.82, 2.24) is 19.8 Å². The van der Waals surface area contributed by atoms with E-state index in [1.165, 1.54) is 36.6 Å². The first-order chi connectivity index (χ1) is 12.1. The molecule has 2 bridgehead atoms. The van der Waals surface area contributed by atoms with Crippen molar-refractivity contribution in [3.05, 3.63) is 35.9 Å². The van der Waals surface area contributed by atoms with Crippen LogP contribution in [0.4, 0.5) is 0 Å². The van der Waals surface area contributed by atoms with Gasteiger partial charge in [0, 0.05) is 23.0 Å². The maximum absolute atomic E-state index is 5.33. The highest BCUT2D eigenvalue weighted by Crippen LogP contribution is 2.40. The van der Waals surface area contributed by atoms with Gasteiger partial charge in [0.1, 0.15) is 5.76 Å². The molecule has 130 valence electrons. The molecular formula is C20H24N4O. The standard InChI is InChI=1S/C20H24N4O/c1-12-20(13(2)25-22-12)14-4-7-19-15(8-14)11-21-24(19)18-9-16-5-6-17(10-18)23(16)3/h4,7-8,11,16-18H,5-6,9-10H2,1-3H3. The monoisotopic (exact) mass is 336 g/mol. The Kier molecular flexibility index (Phi) is 3.29. The van der Waals surface area contributed by atoms with Gasteiger partial charge >= 0.3 is 0 Å². The Balaban J connectivity index is 1.52. The van der Waals surface area contributed by atoms with Crippen molar-refractivity contribution >= 4 is 10.9 Å². The molecule has 0 radical (unpaired) electrons. The molecule has 2 fully saturated rings. The van der Waals surface area contributed by atoms with Crippen LogP contribution in [0.15, 0.2) is 28.9 Å². The third kappa shape index (κ3) is 2.25. The van der Waals surface area contributed by atoms with Crippen molar-refractivity contribution in [2.45, 2.75) is 57.7 Å². The van der Waals surface area contributed by atoms with Gasteiger partial charge in [-0.1, -0.05) is 11.2 Å². The van der Waals surface area contributed by atoms with Crippen molar-refractivity contribution in [2.75, 3.05) is 7.05 Å². The van der Waals surface area contributed by atoms with Crippen LogP contribution in [-0.4, -0.2) is 39.0 Å². The highest BCUT2D eigenvalue weighted by molar-refractivity contribution is 5.85. The van der Waals surface area contributed by atoms with Gasteiger partial charge in [0.25, 0.3) is 0 Å². The number of rotatable bonds is 2. The van der Waals surface area contributed by atoms with Crippen LogP contribution in [0.3, 0.4) is 0 Å². The minimum absolute atomic E-state index is 0.524. The summed E-state index contributed by atoms with van der Waals surface area (Å²) in [5.74, 6) is 0.871. The van der Waals surface area contributed by atoms with E-state index in [-0.39, 0.29) is 0 Å². The molecule has 2 atom stereocenters. The number of fused-ring (bicyclic) bond motifs is 3. The Morgan fingerprint density at radius 1 is 1.08 bits per heavy atom. The number of hydrogen-bond acceptors (Lipinski definition) is 4. The number of aromatic nitrogens is 3. The van der Waals surface area contributed by atoms with Crippen LogP contribution in [0, 0.1) is 13.8 Å². The molecule has 2 aliphatic rings. The fourth-order valence-electron chi connectivity index (χ4n) is 4.98. The van der Waals surface area contributed by atoms with E-state index in [1.807, 2.05) is 20.0 Å². The second kappa shape index (κ2) is 5.43. The quantitative estimate of drug-likeness (QED) is 0.707. The zero-order valence-corrected chi connectivity index (χ0v) is 15.1. The summed E-state index contributed by atoms with van der Waals surface area (Å²) in [6.45, 7) is 3.96. The fraction of sp³-hybridized carbons (Fsp3) is 0.500. The van der Waals surface area contributed by atoms with Gasteiger partial charge < -0.3 is 9.42 Å². The molecule has 0 N–H and O–H groups in total. The van der Waals surface area contributed by atoms with Gasteiger partial charge in [-0.05, 0) is 64.3 Å². The summed E-state index contributed by atoms with van der Waals surface area (Å²) in [4.78, 5) is 2.58. The van der Waals surface area contributed by atoms with Gasteiger partial charge in [0.05, 0.1) is 23.4 Å². The lowest BCUT2D eigenvalue weighted by atomic mass is 9.97. The molecule has 0 saturated carbocycles. The third-order valence-electron chi connectivity index (χ3n) is 6.34. The molecule has 5 heteroatoms. The predicted octanol–water partition coefficient (Wildman–Crippen LogP) is 4.11. The Bertz CT molecular complexity index is 907. The van der Waals surface area contributed by atoms with Crippen molar-refractivity contribution in [1.29, 1.82) is 0 Å². The topological polar surface area (TPSA) is 47.1 Å². The number of hydrogen-bond donors (Lipinski definition) is 0. The van der Waals surface area contributed by atoms with Crippen molar-refractivity contribution < 1.29 is 4.52 Å². The maximum atomic E-state index is 5.33. The molecule has 2 saturated heterocycles. The summed E-state index contributed by atoms with van der Waals surface area (Å²) >= 11 is 0. The predicted molar refractivity (Wildman–Crippen MR) is 97.5 cm³/mol. The van der Waals surface area contributed by atoms with Crippen LogP contribution in [0.1, 0.15) is 43.2 Å². The Morgan fingerprint density at radius 2 is 1.84 bits per heavy atom. The van der Waals surface area contributed by atoms with E-state index in [0.717, 1.165) is 34.7 Å². The van der Waals surface area contributed by atoms with Crippen molar-refractivity contribution in [3.8, 4) is 11.1 Å². The van der Waals surface area contributed by atoms with Gasteiger partial charge in [-0.2, -0.15) is 5.10 Å². The van der Waals surface area contributed by atoms with Gasteiger partial charge in [0.2, 0.25) is 0 Å². The summed E-state index contributed by atoms with van der Waals surface area (Å²) < 4.78 is 7.60. The van der Waals surface area contributed by atoms with Gasteiger partial charge in [-0.15, -0.1) is 0 Å². The van der Waals surface area contributed by atoms with Crippen LogP contribution in [-0.2, 0) is 0 Å². The molecule has 5 nitrogen and oxygen atoms in total. The average molecular weight is 336 g/mol. The molecule has 4 heterocycles. The lowest BCUT2D eigenvalue weighted by Gasteiger charge is -2.36. The molecule has 2 unspecified atom stereocenters. The third-order valence-corrected chi connectivity index (χ3v) is 6.34. The Hall–Kier alpha value is -2.14. The van der Waals surface area contributed by atoms with E-state index in [0.29, 0.717) is 6.04 Å². The van der Waals surface area contributed by atoms with Crippen LogP contribution >= 0.6 is 0 Å². The molecule has 5 rings (SSSR count). The van der Waals surface area contributed by atoms with Crippen molar-refractivity contribution in [2.24, 2.45) is 0 Å². The van der Waals surface area contributed by atoms with Crippen LogP contribution in [0.2, 0.25) is 0 Å². The normalized spacial score (nSPS) is 26.6. The summed E-state index contributed by atoms with van der Waals surface area (Å²) in [6.07, 6.45) is 7.13. The summed E-state index contributed by atoms with van der Waals surface area (Å²) in [7, 11) is 2.29. The van der Waals surface area contributed by atoms with Gasteiger partial charge in [-0.25, -0.2) is 0 Å². The number of piperidine rings is 1. The number of benzene rings is 1. The molecule has 3 aromatic rings. The largest absolute Gasteiger partial charge is 0.361 e. The second-order valence-electron chi connectivity index (χ2n) is 7.74. The molecule has 0 aliphatic carbocycles. The van der Waals surface area contributed by atoms with E-state index >= 15 is 0 Å². The molecule has 1 aromatic carbocycles. The molecule has 0 amide bonds. The lowest BCUT2D eigenvalue weighted by molar-refractivity contribution is 0.133. The Morgan fingerprint density at radius 3 is 2.52 bits per heavy atom. The van der Waals surface area contributed by atoms with E-state index in [2.05, 4.69) is 40.0 Å². The van der Waals surface area contributed by atoms with Crippen LogP contribution < -0.4 is 0 Å². The summed E-state index contributed by atoms with van der Waals surface area (Å²) in [5, 5.41) is 10.0. The summed E-state index contributed by atoms with van der Waals surface area (Å²) in [6, 6.07) is 8.58. The molecular weight excluding hydrogens is 312 g/mol. The van der Waals surface area contributed by atoms with E-state index in [1.54, 1.807) is 0 Å². The van der Waals surface area contributed by atoms with Crippen LogP contribution in [0.25, 0.3) is 22.0 Å². The zero-order chi connectivity index (χ0) is 17.1. The molecule has 2 aliphatic heterocycles. The first-order valence-corrected chi connectivity index (χ1v) is 9.24. The zero-order valence-electron chi connectivity index (χ0n) is 15.1. The smallest absolute Gasteiger partial charge is 0.141 e. The second-order valence-corrected chi connectivity index (χ2v) is 7.74. The van der Waals surface area contributed by atoms with Crippen molar-refractivity contribution in [3.63, 3.8) is 0 Å².